The lowest BCUT2D eigenvalue weighted by molar-refractivity contribution is -0.385. The summed E-state index contributed by atoms with van der Waals surface area (Å²) in [7, 11) is 0. The molecule has 2 aromatic rings. The number of amides is 2. The van der Waals surface area contributed by atoms with Gasteiger partial charge >= 0.3 is 0 Å². The normalized spacial score (nSPS) is 15.9. The predicted octanol–water partition coefficient (Wildman–Crippen LogP) is 4.18. The van der Waals surface area contributed by atoms with Gasteiger partial charge < -0.3 is 11.1 Å². The van der Waals surface area contributed by atoms with Gasteiger partial charge in [-0.15, -0.1) is 11.3 Å². The lowest BCUT2D eigenvalue weighted by Gasteiger charge is -2.20. The van der Waals surface area contributed by atoms with Gasteiger partial charge in [-0.25, -0.2) is 0 Å². The molecule has 0 radical (unpaired) electrons. The van der Waals surface area contributed by atoms with E-state index in [2.05, 4.69) is 12.2 Å². The van der Waals surface area contributed by atoms with Crippen LogP contribution in [0, 0.1) is 16.0 Å². The molecule has 3 rings (SSSR count). The third-order valence-corrected chi connectivity index (χ3v) is 6.22. The van der Waals surface area contributed by atoms with Crippen LogP contribution < -0.4 is 11.1 Å². The highest BCUT2D eigenvalue weighted by Crippen LogP contribution is 2.40. The average molecular weight is 408 g/mol. The van der Waals surface area contributed by atoms with Gasteiger partial charge in [0.2, 0.25) is 0 Å². The molecule has 1 unspecified atom stereocenters. The van der Waals surface area contributed by atoms with Crippen molar-refractivity contribution in [2.45, 2.75) is 32.6 Å². The van der Waals surface area contributed by atoms with Crippen molar-refractivity contribution in [3.63, 3.8) is 0 Å². The van der Waals surface area contributed by atoms with Crippen LogP contribution in [-0.2, 0) is 12.8 Å². The monoisotopic (exact) mass is 407 g/mol. The molecule has 1 aliphatic carbocycles. The van der Waals surface area contributed by atoms with Crippen LogP contribution in [0.2, 0.25) is 5.02 Å². The Morgan fingerprint density at radius 1 is 1.44 bits per heavy atom. The van der Waals surface area contributed by atoms with Crippen molar-refractivity contribution in [2.24, 2.45) is 11.7 Å². The van der Waals surface area contributed by atoms with Crippen LogP contribution in [0.5, 0.6) is 0 Å². The Bertz CT molecular complexity index is 941. The SMILES string of the molecule is CCC1CCc2c(sc(NC(=O)c3cc(Cl)ccc3[N+](=O)[O-])c2C(N)=O)C1. The molecule has 1 aromatic carbocycles. The fraction of sp³-hybridized carbons (Fsp3) is 0.333. The van der Waals surface area contributed by atoms with Gasteiger partial charge in [0.15, 0.2) is 0 Å². The van der Waals surface area contributed by atoms with E-state index < -0.39 is 16.7 Å². The number of anilines is 1. The predicted molar refractivity (Wildman–Crippen MR) is 105 cm³/mol. The first-order valence-electron chi connectivity index (χ1n) is 8.51. The molecule has 0 fully saturated rings. The maximum atomic E-state index is 12.7. The standard InChI is InChI=1S/C18H18ClN3O4S/c1-2-9-3-5-11-14(7-9)27-18(15(11)16(20)23)21-17(24)12-8-10(19)4-6-13(12)22(25)26/h4,6,8-9H,2-3,5,7H2,1H3,(H2,20,23)(H,21,24). The maximum absolute atomic E-state index is 12.7. The van der Waals surface area contributed by atoms with Crippen LogP contribution in [0.4, 0.5) is 10.7 Å². The largest absolute Gasteiger partial charge is 0.365 e. The number of primary amides is 1. The van der Waals surface area contributed by atoms with E-state index in [0.29, 0.717) is 16.5 Å². The van der Waals surface area contributed by atoms with Crippen LogP contribution in [0.1, 0.15) is 50.9 Å². The van der Waals surface area contributed by atoms with Crippen LogP contribution in [0.25, 0.3) is 0 Å². The molecule has 0 saturated heterocycles. The Labute approximate surface area is 164 Å². The van der Waals surface area contributed by atoms with Gasteiger partial charge in [0.25, 0.3) is 17.5 Å². The van der Waals surface area contributed by atoms with Crippen molar-refractivity contribution in [1.82, 2.24) is 0 Å². The molecule has 0 saturated carbocycles. The molecule has 2 amide bonds. The zero-order valence-corrected chi connectivity index (χ0v) is 16.2. The number of thiophene rings is 1. The van der Waals surface area contributed by atoms with Gasteiger partial charge in [0.05, 0.1) is 10.5 Å². The summed E-state index contributed by atoms with van der Waals surface area (Å²) in [6.07, 6.45) is 3.58. The molecule has 3 N–H and O–H groups in total. The molecule has 0 aliphatic heterocycles. The van der Waals surface area contributed by atoms with Gasteiger partial charge in [0.1, 0.15) is 10.6 Å². The average Bonchev–Trinajstić information content (AvgIpc) is 2.98. The van der Waals surface area contributed by atoms with Crippen molar-refractivity contribution >= 4 is 45.4 Å². The number of carbonyl (C=O) groups excluding carboxylic acids is 2. The quantitative estimate of drug-likeness (QED) is 0.571. The van der Waals surface area contributed by atoms with Crippen molar-refractivity contribution < 1.29 is 14.5 Å². The molecular formula is C18H18ClN3O4S. The first-order valence-corrected chi connectivity index (χ1v) is 9.70. The fourth-order valence-corrected chi connectivity index (χ4v) is 4.91. The fourth-order valence-electron chi connectivity index (χ4n) is 3.37. The summed E-state index contributed by atoms with van der Waals surface area (Å²) in [6, 6.07) is 3.76. The van der Waals surface area contributed by atoms with E-state index in [1.807, 2.05) is 0 Å². The van der Waals surface area contributed by atoms with Crippen LogP contribution in [-0.4, -0.2) is 16.7 Å². The van der Waals surface area contributed by atoms with Gasteiger partial charge in [-0.2, -0.15) is 0 Å². The number of nitrogens with one attached hydrogen (secondary N) is 1. The van der Waals surface area contributed by atoms with E-state index in [-0.39, 0.29) is 16.3 Å². The molecule has 1 aliphatic rings. The van der Waals surface area contributed by atoms with Gasteiger partial charge in [0, 0.05) is 16.0 Å². The third kappa shape index (κ3) is 3.81. The summed E-state index contributed by atoms with van der Waals surface area (Å²) >= 11 is 7.21. The maximum Gasteiger partial charge on any atom is 0.282 e. The first kappa shape index (κ1) is 19.3. The van der Waals surface area contributed by atoms with Crippen molar-refractivity contribution in [3.05, 3.63) is 54.9 Å². The summed E-state index contributed by atoms with van der Waals surface area (Å²) < 4.78 is 0. The number of nitrogens with zero attached hydrogens (tertiary/aromatic N) is 1. The molecule has 27 heavy (non-hydrogen) atoms. The number of hydrogen-bond donors (Lipinski definition) is 2. The van der Waals surface area contributed by atoms with Crippen molar-refractivity contribution in [1.29, 1.82) is 0 Å². The van der Waals surface area contributed by atoms with E-state index in [1.54, 1.807) is 0 Å². The molecular weight excluding hydrogens is 390 g/mol. The molecule has 1 aromatic heterocycles. The second kappa shape index (κ2) is 7.66. The van der Waals surface area contributed by atoms with Gasteiger partial charge in [-0.1, -0.05) is 24.9 Å². The van der Waals surface area contributed by atoms with E-state index >= 15 is 0 Å². The number of benzene rings is 1. The summed E-state index contributed by atoms with van der Waals surface area (Å²) in [5, 5.41) is 14.4. The van der Waals surface area contributed by atoms with E-state index in [4.69, 9.17) is 17.3 Å². The molecule has 9 heteroatoms. The molecule has 1 heterocycles. The lowest BCUT2D eigenvalue weighted by atomic mass is 9.85. The summed E-state index contributed by atoms with van der Waals surface area (Å²) in [5.41, 5.74) is 6.22. The number of rotatable bonds is 5. The van der Waals surface area contributed by atoms with Gasteiger partial charge in [-0.05, 0) is 42.9 Å². The van der Waals surface area contributed by atoms with Crippen LogP contribution >= 0.6 is 22.9 Å². The number of nitro benzene ring substituents is 1. The Kier molecular flexibility index (Phi) is 5.48. The minimum Gasteiger partial charge on any atom is -0.365 e. The van der Waals surface area contributed by atoms with Gasteiger partial charge in [-0.3, -0.25) is 19.7 Å². The molecule has 7 nitrogen and oxygen atoms in total. The van der Waals surface area contributed by atoms with E-state index in [0.717, 1.165) is 36.1 Å². The summed E-state index contributed by atoms with van der Waals surface area (Å²) in [5.74, 6) is -0.773. The molecule has 1 atom stereocenters. The summed E-state index contributed by atoms with van der Waals surface area (Å²) in [6.45, 7) is 2.12. The number of carbonyl (C=O) groups is 2. The van der Waals surface area contributed by atoms with E-state index in [9.17, 15) is 19.7 Å². The first-order chi connectivity index (χ1) is 12.8. The highest BCUT2D eigenvalue weighted by atomic mass is 35.5. The smallest absolute Gasteiger partial charge is 0.282 e. The lowest BCUT2D eigenvalue weighted by Crippen LogP contribution is -2.20. The topological polar surface area (TPSA) is 115 Å². The number of halogens is 1. The third-order valence-electron chi connectivity index (χ3n) is 4.82. The highest BCUT2D eigenvalue weighted by molar-refractivity contribution is 7.17. The molecule has 142 valence electrons. The Morgan fingerprint density at radius 2 is 2.19 bits per heavy atom. The van der Waals surface area contributed by atoms with E-state index in [1.165, 1.54) is 29.5 Å². The minimum absolute atomic E-state index is 0.166. The number of hydrogen-bond acceptors (Lipinski definition) is 5. The van der Waals surface area contributed by atoms with Crippen molar-refractivity contribution in [2.75, 3.05) is 5.32 Å². The molecule has 0 bridgehead atoms. The zero-order chi connectivity index (χ0) is 19.7. The summed E-state index contributed by atoms with van der Waals surface area (Å²) in [4.78, 5) is 36.3. The second-order valence-electron chi connectivity index (χ2n) is 6.46. The Morgan fingerprint density at radius 3 is 2.81 bits per heavy atom. The molecule has 0 spiro atoms. The zero-order valence-electron chi connectivity index (χ0n) is 14.6. The minimum atomic E-state index is -0.697. The number of fused-ring (bicyclic) bond motifs is 1. The number of nitrogens with two attached hydrogens (primary N) is 1. The highest BCUT2D eigenvalue weighted by Gasteiger charge is 2.29. The van der Waals surface area contributed by atoms with Crippen LogP contribution in [0.15, 0.2) is 18.2 Å². The second-order valence-corrected chi connectivity index (χ2v) is 8.00. The number of nitro groups is 1. The van der Waals surface area contributed by atoms with Crippen molar-refractivity contribution in [3.8, 4) is 0 Å². The Balaban J connectivity index is 1.98. The van der Waals surface area contributed by atoms with Crippen LogP contribution in [0.3, 0.4) is 0 Å². The Hall–Kier alpha value is -2.45.